The first-order valence-corrected chi connectivity index (χ1v) is 5.42. The Morgan fingerprint density at radius 1 is 1.28 bits per heavy atom. The van der Waals surface area contributed by atoms with Gasteiger partial charge in [-0.15, -0.1) is 0 Å². The van der Waals surface area contributed by atoms with Gasteiger partial charge < -0.3 is 10.6 Å². The number of rotatable bonds is 3. The monoisotopic (exact) mass is 249 g/mol. The van der Waals surface area contributed by atoms with Crippen LogP contribution in [0.2, 0.25) is 0 Å². The van der Waals surface area contributed by atoms with Crippen LogP contribution in [0.1, 0.15) is 5.56 Å². The van der Waals surface area contributed by atoms with Crippen molar-refractivity contribution in [1.82, 2.24) is 4.98 Å². The average molecular weight is 249 g/mol. The van der Waals surface area contributed by atoms with Crippen LogP contribution >= 0.6 is 0 Å². The quantitative estimate of drug-likeness (QED) is 0.850. The van der Waals surface area contributed by atoms with Gasteiger partial charge in [0.2, 0.25) is 0 Å². The van der Waals surface area contributed by atoms with Crippen LogP contribution in [0.4, 0.5) is 20.2 Å². The van der Waals surface area contributed by atoms with Crippen LogP contribution in [-0.4, -0.2) is 12.0 Å². The minimum atomic E-state index is -0.668. The van der Waals surface area contributed by atoms with E-state index in [9.17, 15) is 8.78 Å². The second kappa shape index (κ2) is 5.00. The molecule has 2 aromatic rings. The van der Waals surface area contributed by atoms with Gasteiger partial charge in [-0.2, -0.15) is 0 Å². The molecule has 0 saturated carbocycles. The summed E-state index contributed by atoms with van der Waals surface area (Å²) in [6, 6.07) is 5.84. The van der Waals surface area contributed by atoms with Crippen LogP contribution in [0, 0.1) is 11.6 Å². The maximum absolute atomic E-state index is 13.7. The number of halogens is 2. The predicted octanol–water partition coefficient (Wildman–Crippen LogP) is 2.58. The van der Waals surface area contributed by atoms with Crippen LogP contribution in [0.25, 0.3) is 0 Å². The molecule has 1 aromatic carbocycles. The normalized spacial score (nSPS) is 10.4. The van der Waals surface area contributed by atoms with E-state index in [1.54, 1.807) is 25.5 Å². The summed E-state index contributed by atoms with van der Waals surface area (Å²) >= 11 is 0. The van der Waals surface area contributed by atoms with Crippen LogP contribution < -0.4 is 10.6 Å². The fraction of sp³-hybridized carbons (Fsp3) is 0.154. The number of nitrogen functional groups attached to an aromatic ring is 1. The highest BCUT2D eigenvalue weighted by Crippen LogP contribution is 2.26. The lowest BCUT2D eigenvalue weighted by Gasteiger charge is -2.20. The molecule has 2 rings (SSSR count). The lowest BCUT2D eigenvalue weighted by Crippen LogP contribution is -2.19. The van der Waals surface area contributed by atoms with Crippen molar-refractivity contribution in [2.75, 3.05) is 17.7 Å². The Labute approximate surface area is 104 Å². The van der Waals surface area contributed by atoms with Crippen molar-refractivity contribution in [2.24, 2.45) is 0 Å². The Balaban J connectivity index is 2.27. The lowest BCUT2D eigenvalue weighted by molar-refractivity contribution is 0.577. The summed E-state index contributed by atoms with van der Waals surface area (Å²) in [6.07, 6.45) is 3.30. The van der Waals surface area contributed by atoms with E-state index in [4.69, 9.17) is 5.73 Å². The lowest BCUT2D eigenvalue weighted by atomic mass is 10.2. The largest absolute Gasteiger partial charge is 0.399 e. The Bertz CT molecular complexity index is 520. The van der Waals surface area contributed by atoms with Crippen LogP contribution in [-0.2, 0) is 6.54 Å². The third kappa shape index (κ3) is 2.56. The Morgan fingerprint density at radius 2 is 1.94 bits per heavy atom. The SMILES string of the molecule is CN(Cc1cccnc1)c1c(F)cc(N)cc1F. The van der Waals surface area contributed by atoms with Crippen LogP contribution in [0.15, 0.2) is 36.7 Å². The maximum atomic E-state index is 13.7. The highest BCUT2D eigenvalue weighted by atomic mass is 19.1. The first-order chi connectivity index (χ1) is 8.58. The molecular formula is C13H13F2N3. The summed E-state index contributed by atoms with van der Waals surface area (Å²) < 4.78 is 27.4. The molecule has 2 N–H and O–H groups in total. The third-order valence-electron chi connectivity index (χ3n) is 2.56. The Morgan fingerprint density at radius 3 is 2.50 bits per heavy atom. The molecule has 5 heteroatoms. The molecule has 0 aliphatic rings. The molecule has 0 radical (unpaired) electrons. The predicted molar refractivity (Wildman–Crippen MR) is 67.1 cm³/mol. The zero-order chi connectivity index (χ0) is 13.1. The molecule has 0 bridgehead atoms. The summed E-state index contributed by atoms with van der Waals surface area (Å²) in [5.41, 5.74) is 6.23. The topological polar surface area (TPSA) is 42.2 Å². The number of hydrogen-bond donors (Lipinski definition) is 1. The van der Waals surface area contributed by atoms with E-state index in [1.165, 1.54) is 4.90 Å². The summed E-state index contributed by atoms with van der Waals surface area (Å²) in [4.78, 5) is 5.44. The first-order valence-electron chi connectivity index (χ1n) is 5.42. The molecule has 1 aromatic heterocycles. The molecule has 0 aliphatic heterocycles. The molecule has 1 heterocycles. The fourth-order valence-electron chi connectivity index (χ4n) is 1.79. The number of benzene rings is 1. The van der Waals surface area contributed by atoms with E-state index in [-0.39, 0.29) is 11.4 Å². The van der Waals surface area contributed by atoms with Gasteiger partial charge in [-0.25, -0.2) is 8.78 Å². The third-order valence-corrected chi connectivity index (χ3v) is 2.56. The van der Waals surface area contributed by atoms with Gasteiger partial charge in [-0.05, 0) is 23.8 Å². The zero-order valence-electron chi connectivity index (χ0n) is 9.90. The van der Waals surface area contributed by atoms with Crippen LogP contribution in [0.5, 0.6) is 0 Å². The number of anilines is 2. The van der Waals surface area contributed by atoms with E-state index in [0.717, 1.165) is 17.7 Å². The number of aromatic nitrogens is 1. The number of nitrogens with two attached hydrogens (primary N) is 1. The summed E-state index contributed by atoms with van der Waals surface area (Å²) in [6.45, 7) is 0.367. The molecule has 0 fully saturated rings. The van der Waals surface area contributed by atoms with Gasteiger partial charge in [-0.1, -0.05) is 6.07 Å². The first kappa shape index (κ1) is 12.3. The summed E-state index contributed by atoms with van der Waals surface area (Å²) in [5, 5.41) is 0. The fourth-order valence-corrected chi connectivity index (χ4v) is 1.79. The average Bonchev–Trinajstić information content (AvgIpc) is 2.28. The minimum Gasteiger partial charge on any atom is -0.399 e. The smallest absolute Gasteiger partial charge is 0.151 e. The van der Waals surface area contributed by atoms with Crippen molar-refractivity contribution >= 4 is 11.4 Å². The van der Waals surface area contributed by atoms with E-state index in [0.29, 0.717) is 6.54 Å². The second-order valence-electron chi connectivity index (χ2n) is 4.05. The summed E-state index contributed by atoms with van der Waals surface area (Å²) in [7, 11) is 1.62. The molecule has 0 spiro atoms. The molecule has 94 valence electrons. The van der Waals surface area contributed by atoms with Crippen molar-refractivity contribution in [3.8, 4) is 0 Å². The van der Waals surface area contributed by atoms with Gasteiger partial charge in [0, 0.05) is 31.7 Å². The standard InChI is InChI=1S/C13H13F2N3/c1-18(8-9-3-2-4-17-7-9)13-11(14)5-10(16)6-12(13)15/h2-7H,8,16H2,1H3. The van der Waals surface area contributed by atoms with E-state index < -0.39 is 11.6 Å². The Hall–Kier alpha value is -2.17. The van der Waals surface area contributed by atoms with Crippen LogP contribution in [0.3, 0.4) is 0 Å². The number of hydrogen-bond acceptors (Lipinski definition) is 3. The Kier molecular flexibility index (Phi) is 3.41. The van der Waals surface area contributed by atoms with Gasteiger partial charge in [-0.3, -0.25) is 4.98 Å². The molecule has 0 saturated heterocycles. The van der Waals surface area contributed by atoms with E-state index >= 15 is 0 Å². The molecule has 0 aliphatic carbocycles. The van der Waals surface area contributed by atoms with Gasteiger partial charge in [0.25, 0.3) is 0 Å². The molecule has 18 heavy (non-hydrogen) atoms. The highest BCUT2D eigenvalue weighted by molar-refractivity contribution is 5.55. The van der Waals surface area contributed by atoms with Crippen molar-refractivity contribution in [2.45, 2.75) is 6.54 Å². The van der Waals surface area contributed by atoms with Crippen molar-refractivity contribution in [3.05, 3.63) is 53.9 Å². The number of nitrogens with zero attached hydrogens (tertiary/aromatic N) is 2. The van der Waals surface area contributed by atoms with E-state index in [2.05, 4.69) is 4.98 Å². The molecular weight excluding hydrogens is 236 g/mol. The van der Waals surface area contributed by atoms with Crippen molar-refractivity contribution < 1.29 is 8.78 Å². The molecule has 3 nitrogen and oxygen atoms in total. The maximum Gasteiger partial charge on any atom is 0.151 e. The van der Waals surface area contributed by atoms with Gasteiger partial charge in [0.15, 0.2) is 11.6 Å². The highest BCUT2D eigenvalue weighted by Gasteiger charge is 2.14. The van der Waals surface area contributed by atoms with Gasteiger partial charge >= 0.3 is 0 Å². The van der Waals surface area contributed by atoms with Crippen molar-refractivity contribution in [3.63, 3.8) is 0 Å². The molecule has 0 amide bonds. The summed E-state index contributed by atoms with van der Waals surface area (Å²) in [5.74, 6) is -1.34. The minimum absolute atomic E-state index is 0.0727. The van der Waals surface area contributed by atoms with Gasteiger partial charge in [0.05, 0.1) is 0 Å². The second-order valence-corrected chi connectivity index (χ2v) is 4.05. The van der Waals surface area contributed by atoms with Crippen molar-refractivity contribution in [1.29, 1.82) is 0 Å². The molecule has 0 unspecified atom stereocenters. The van der Waals surface area contributed by atoms with Gasteiger partial charge in [0.1, 0.15) is 5.69 Å². The molecule has 0 atom stereocenters. The zero-order valence-corrected chi connectivity index (χ0v) is 9.90. The van der Waals surface area contributed by atoms with E-state index in [1.807, 2.05) is 6.07 Å². The number of pyridine rings is 1.